The summed E-state index contributed by atoms with van der Waals surface area (Å²) in [5, 5.41) is 0. The van der Waals surface area contributed by atoms with Gasteiger partial charge in [-0.2, -0.15) is 0 Å². The van der Waals surface area contributed by atoms with Crippen LogP contribution >= 0.6 is 23.5 Å². The van der Waals surface area contributed by atoms with Crippen LogP contribution in [0.2, 0.25) is 0 Å². The molecule has 70 valence electrons. The predicted octanol–water partition coefficient (Wildman–Crippen LogP) is 3.52. The first kappa shape index (κ1) is 10.7. The molecule has 0 aliphatic heterocycles. The fourth-order valence-electron chi connectivity index (χ4n) is 0.852. The first-order chi connectivity index (χ1) is 6.36. The minimum Gasteiger partial charge on any atom is -0.275 e. The van der Waals surface area contributed by atoms with Gasteiger partial charge in [-0.15, -0.1) is 0 Å². The van der Waals surface area contributed by atoms with Gasteiger partial charge in [-0.25, -0.2) is 0 Å². The monoisotopic (exact) mass is 211 g/mol. The molecule has 1 nitrogen and oxygen atoms in total. The van der Waals surface area contributed by atoms with E-state index in [4.69, 9.17) is 0 Å². The first-order valence-corrected chi connectivity index (χ1v) is 5.99. The molecule has 13 heavy (non-hydrogen) atoms. The van der Waals surface area contributed by atoms with Crippen molar-refractivity contribution in [2.75, 3.05) is 12.8 Å². The molecule has 1 aromatic rings. The molecular weight excluding hydrogens is 198 g/mol. The van der Waals surface area contributed by atoms with Gasteiger partial charge in [-0.3, -0.25) is 4.99 Å². The highest BCUT2D eigenvalue weighted by atomic mass is 32.2. The summed E-state index contributed by atoms with van der Waals surface area (Å²) in [6.45, 7) is 2.14. The Balaban J connectivity index is 2.58. The molecule has 0 atom stereocenters. The van der Waals surface area contributed by atoms with Crippen molar-refractivity contribution in [2.45, 2.75) is 11.8 Å². The summed E-state index contributed by atoms with van der Waals surface area (Å²) >= 11 is 3.51. The summed E-state index contributed by atoms with van der Waals surface area (Å²) in [5.41, 5.74) is 0. The maximum Gasteiger partial charge on any atom is 0.129 e. The Morgan fingerprint density at radius 1 is 1.31 bits per heavy atom. The molecule has 1 aromatic carbocycles. The molecule has 0 saturated heterocycles. The molecule has 0 aromatic heterocycles. The Kier molecular flexibility index (Phi) is 5.01. The number of benzene rings is 1. The van der Waals surface area contributed by atoms with Gasteiger partial charge in [0.2, 0.25) is 0 Å². The zero-order valence-electron chi connectivity index (χ0n) is 7.86. The lowest BCUT2D eigenvalue weighted by atomic mass is 10.4. The van der Waals surface area contributed by atoms with E-state index in [-0.39, 0.29) is 0 Å². The zero-order valence-corrected chi connectivity index (χ0v) is 9.49. The van der Waals surface area contributed by atoms with Crippen LogP contribution in [0.1, 0.15) is 6.92 Å². The van der Waals surface area contributed by atoms with Crippen LogP contribution < -0.4 is 0 Å². The third-order valence-corrected chi connectivity index (χ3v) is 3.59. The van der Waals surface area contributed by atoms with E-state index in [1.807, 2.05) is 25.2 Å². The van der Waals surface area contributed by atoms with Crippen molar-refractivity contribution < 1.29 is 0 Å². The summed E-state index contributed by atoms with van der Waals surface area (Å²) in [7, 11) is 1.84. The Labute approximate surface area is 88.0 Å². The van der Waals surface area contributed by atoms with Crippen molar-refractivity contribution >= 4 is 27.9 Å². The predicted molar refractivity (Wildman–Crippen MR) is 63.8 cm³/mol. The quantitative estimate of drug-likeness (QED) is 0.421. The molecule has 0 bridgehead atoms. The minimum atomic E-state index is 1.08. The van der Waals surface area contributed by atoms with Crippen LogP contribution in [0.4, 0.5) is 0 Å². The SMILES string of the molecule is CCS/C(=N/C)Sc1ccccc1. The van der Waals surface area contributed by atoms with Crippen LogP contribution in [-0.2, 0) is 0 Å². The molecular formula is C10H13NS2. The van der Waals surface area contributed by atoms with E-state index in [1.165, 1.54) is 4.90 Å². The number of rotatable bonds is 2. The van der Waals surface area contributed by atoms with Gasteiger partial charge in [0.25, 0.3) is 0 Å². The van der Waals surface area contributed by atoms with Crippen LogP contribution in [0.15, 0.2) is 40.2 Å². The first-order valence-electron chi connectivity index (χ1n) is 4.19. The lowest BCUT2D eigenvalue weighted by Gasteiger charge is -2.02. The Bertz CT molecular complexity index is 270. The number of nitrogens with zero attached hydrogens (tertiary/aromatic N) is 1. The lowest BCUT2D eigenvalue weighted by Crippen LogP contribution is -1.85. The van der Waals surface area contributed by atoms with Gasteiger partial charge in [0.15, 0.2) is 0 Å². The number of hydrogen-bond donors (Lipinski definition) is 0. The van der Waals surface area contributed by atoms with E-state index >= 15 is 0 Å². The summed E-state index contributed by atoms with van der Waals surface area (Å²) in [6, 6.07) is 10.3. The van der Waals surface area contributed by atoms with Crippen molar-refractivity contribution in [1.82, 2.24) is 0 Å². The molecule has 0 amide bonds. The third-order valence-electron chi connectivity index (χ3n) is 1.40. The standard InChI is InChI=1S/C10H13NS2/c1-3-12-10(11-2)13-9-7-5-4-6-8-9/h4-8H,3H2,1-2H3/b11-10-. The van der Waals surface area contributed by atoms with Crippen LogP contribution in [-0.4, -0.2) is 17.2 Å². The highest BCUT2D eigenvalue weighted by Crippen LogP contribution is 2.25. The van der Waals surface area contributed by atoms with E-state index in [1.54, 1.807) is 23.5 Å². The number of hydrogen-bond acceptors (Lipinski definition) is 3. The Morgan fingerprint density at radius 3 is 2.54 bits per heavy atom. The van der Waals surface area contributed by atoms with Crippen molar-refractivity contribution in [3.8, 4) is 0 Å². The van der Waals surface area contributed by atoms with Crippen molar-refractivity contribution in [3.05, 3.63) is 30.3 Å². The molecule has 0 fully saturated rings. The number of thioether (sulfide) groups is 2. The second-order valence-corrected chi connectivity index (χ2v) is 4.91. The number of aliphatic imine (C=N–C) groups is 1. The average Bonchev–Trinajstić information content (AvgIpc) is 2.19. The van der Waals surface area contributed by atoms with Crippen molar-refractivity contribution in [3.63, 3.8) is 0 Å². The molecule has 0 aliphatic carbocycles. The van der Waals surface area contributed by atoms with Crippen LogP contribution in [0, 0.1) is 0 Å². The Morgan fingerprint density at radius 2 is 2.00 bits per heavy atom. The molecule has 1 rings (SSSR count). The van der Waals surface area contributed by atoms with Crippen LogP contribution in [0.3, 0.4) is 0 Å². The van der Waals surface area contributed by atoms with Gasteiger partial charge in [0.1, 0.15) is 4.38 Å². The van der Waals surface area contributed by atoms with Gasteiger partial charge in [-0.1, -0.05) is 48.6 Å². The molecule has 3 heteroatoms. The lowest BCUT2D eigenvalue weighted by molar-refractivity contribution is 1.46. The van der Waals surface area contributed by atoms with E-state index in [0.717, 1.165) is 10.1 Å². The fraction of sp³-hybridized carbons (Fsp3) is 0.300. The van der Waals surface area contributed by atoms with Crippen LogP contribution in [0.25, 0.3) is 0 Å². The molecule has 0 N–H and O–H groups in total. The minimum absolute atomic E-state index is 1.08. The molecule has 0 saturated carbocycles. The fourth-order valence-corrected chi connectivity index (χ4v) is 2.69. The average molecular weight is 211 g/mol. The van der Waals surface area contributed by atoms with Gasteiger partial charge in [0, 0.05) is 11.9 Å². The van der Waals surface area contributed by atoms with Gasteiger partial charge in [-0.05, 0) is 17.9 Å². The highest BCUT2D eigenvalue weighted by Gasteiger charge is 1.99. The normalized spacial score (nSPS) is 11.7. The summed E-state index contributed by atoms with van der Waals surface area (Å²) < 4.78 is 1.13. The van der Waals surface area contributed by atoms with E-state index < -0.39 is 0 Å². The summed E-state index contributed by atoms with van der Waals surface area (Å²) in [6.07, 6.45) is 0. The molecule has 0 aliphatic rings. The topological polar surface area (TPSA) is 12.4 Å². The Hall–Kier alpha value is -0.410. The molecule has 0 radical (unpaired) electrons. The van der Waals surface area contributed by atoms with Gasteiger partial charge < -0.3 is 0 Å². The maximum atomic E-state index is 4.22. The smallest absolute Gasteiger partial charge is 0.129 e. The van der Waals surface area contributed by atoms with Gasteiger partial charge in [0.05, 0.1) is 0 Å². The van der Waals surface area contributed by atoms with E-state index in [9.17, 15) is 0 Å². The van der Waals surface area contributed by atoms with E-state index in [0.29, 0.717) is 0 Å². The van der Waals surface area contributed by atoms with Crippen molar-refractivity contribution in [2.24, 2.45) is 4.99 Å². The summed E-state index contributed by atoms with van der Waals surface area (Å²) in [4.78, 5) is 5.47. The zero-order chi connectivity index (χ0) is 9.52. The second-order valence-electron chi connectivity index (χ2n) is 2.34. The summed E-state index contributed by atoms with van der Waals surface area (Å²) in [5.74, 6) is 1.08. The second kappa shape index (κ2) is 6.11. The highest BCUT2D eigenvalue weighted by molar-refractivity contribution is 8.38. The molecule has 0 heterocycles. The maximum absolute atomic E-state index is 4.22. The third kappa shape index (κ3) is 3.87. The van der Waals surface area contributed by atoms with Crippen molar-refractivity contribution in [1.29, 1.82) is 0 Å². The molecule has 0 spiro atoms. The van der Waals surface area contributed by atoms with Gasteiger partial charge >= 0.3 is 0 Å². The molecule has 0 unspecified atom stereocenters. The van der Waals surface area contributed by atoms with Crippen LogP contribution in [0.5, 0.6) is 0 Å². The largest absolute Gasteiger partial charge is 0.275 e. The van der Waals surface area contributed by atoms with E-state index in [2.05, 4.69) is 24.0 Å².